The fourth-order valence-electron chi connectivity index (χ4n) is 1.86. The maximum absolute atomic E-state index is 12.3. The molecule has 20 heavy (non-hydrogen) atoms. The molecule has 102 valence electrons. The lowest BCUT2D eigenvalue weighted by Crippen LogP contribution is -2.15. The van der Waals surface area contributed by atoms with E-state index in [4.69, 9.17) is 0 Å². The molecule has 3 rings (SSSR count). The van der Waals surface area contributed by atoms with Crippen molar-refractivity contribution in [2.75, 3.05) is 17.7 Å². The van der Waals surface area contributed by atoms with E-state index in [1.165, 1.54) is 11.3 Å². The summed E-state index contributed by atoms with van der Waals surface area (Å²) in [5, 5.41) is 12.1. The van der Waals surface area contributed by atoms with Gasteiger partial charge in [0.25, 0.3) is 5.91 Å². The molecule has 0 aliphatic rings. The Kier molecular flexibility index (Phi) is 3.45. The fraction of sp³-hybridized carbons (Fsp3) is 0.0769. The summed E-state index contributed by atoms with van der Waals surface area (Å²) in [7, 11) is 1.79. The second kappa shape index (κ2) is 5.26. The number of anilines is 2. The molecule has 0 saturated carbocycles. The summed E-state index contributed by atoms with van der Waals surface area (Å²) >= 11 is 4.92. The van der Waals surface area contributed by atoms with Gasteiger partial charge in [-0.3, -0.25) is 4.79 Å². The molecule has 0 aliphatic carbocycles. The Morgan fingerprint density at radius 3 is 2.80 bits per heavy atom. The number of halogens is 1. The monoisotopic (exact) mass is 350 g/mol. The molecule has 5 nitrogen and oxygen atoms in total. The number of aromatic nitrogens is 2. The first-order valence-corrected chi connectivity index (χ1v) is 7.57. The van der Waals surface area contributed by atoms with E-state index in [2.05, 4.69) is 31.7 Å². The molecule has 3 aromatic heterocycles. The highest BCUT2D eigenvalue weighted by molar-refractivity contribution is 9.11. The van der Waals surface area contributed by atoms with Gasteiger partial charge in [-0.15, -0.1) is 16.4 Å². The Bertz CT molecular complexity index is 780. The molecule has 0 bridgehead atoms. The zero-order valence-electron chi connectivity index (χ0n) is 10.6. The number of nitrogens with zero attached hydrogens (tertiary/aromatic N) is 2. The second-order valence-corrected chi connectivity index (χ2v) is 6.32. The van der Waals surface area contributed by atoms with Gasteiger partial charge in [0, 0.05) is 7.05 Å². The Labute approximate surface area is 127 Å². The van der Waals surface area contributed by atoms with Crippen LogP contribution in [0.2, 0.25) is 0 Å². The van der Waals surface area contributed by atoms with Crippen molar-refractivity contribution in [2.45, 2.75) is 0 Å². The quantitative estimate of drug-likeness (QED) is 0.760. The SMILES string of the molecule is CNc1ccc2ccc(C(=O)Nc3ccsc3Br)n2n1. The van der Waals surface area contributed by atoms with E-state index in [0.29, 0.717) is 11.5 Å². The van der Waals surface area contributed by atoms with Gasteiger partial charge in [0.15, 0.2) is 0 Å². The van der Waals surface area contributed by atoms with Crippen molar-refractivity contribution in [2.24, 2.45) is 0 Å². The van der Waals surface area contributed by atoms with Gasteiger partial charge in [0.1, 0.15) is 11.5 Å². The summed E-state index contributed by atoms with van der Waals surface area (Å²) < 4.78 is 2.53. The van der Waals surface area contributed by atoms with Crippen LogP contribution >= 0.6 is 27.3 Å². The van der Waals surface area contributed by atoms with Gasteiger partial charge < -0.3 is 10.6 Å². The van der Waals surface area contributed by atoms with Crippen molar-refractivity contribution < 1.29 is 4.79 Å². The van der Waals surface area contributed by atoms with E-state index in [1.807, 2.05) is 29.6 Å². The summed E-state index contributed by atoms with van der Waals surface area (Å²) in [6.45, 7) is 0. The van der Waals surface area contributed by atoms with E-state index < -0.39 is 0 Å². The van der Waals surface area contributed by atoms with Crippen LogP contribution in [0.3, 0.4) is 0 Å². The van der Waals surface area contributed by atoms with Crippen molar-refractivity contribution >= 4 is 50.2 Å². The van der Waals surface area contributed by atoms with E-state index >= 15 is 0 Å². The predicted molar refractivity (Wildman–Crippen MR) is 84.7 cm³/mol. The second-order valence-electron chi connectivity index (χ2n) is 4.09. The van der Waals surface area contributed by atoms with Crippen LogP contribution in [0.15, 0.2) is 39.5 Å². The topological polar surface area (TPSA) is 58.4 Å². The lowest BCUT2D eigenvalue weighted by molar-refractivity contribution is 0.102. The maximum atomic E-state index is 12.3. The number of rotatable bonds is 3. The molecule has 0 saturated heterocycles. The van der Waals surface area contributed by atoms with Crippen LogP contribution in [0.1, 0.15) is 10.5 Å². The highest BCUT2D eigenvalue weighted by atomic mass is 79.9. The molecule has 1 amide bonds. The molecule has 0 unspecified atom stereocenters. The van der Waals surface area contributed by atoms with E-state index in [0.717, 1.165) is 15.0 Å². The van der Waals surface area contributed by atoms with E-state index in [-0.39, 0.29) is 5.91 Å². The number of amides is 1. The number of thiophene rings is 1. The van der Waals surface area contributed by atoms with Gasteiger partial charge in [-0.05, 0) is 51.6 Å². The molecule has 0 atom stereocenters. The molecule has 0 radical (unpaired) electrons. The van der Waals surface area contributed by atoms with Crippen LogP contribution in [-0.4, -0.2) is 22.6 Å². The Balaban J connectivity index is 1.97. The minimum atomic E-state index is -0.190. The molecular formula is C13H11BrN4OS. The summed E-state index contributed by atoms with van der Waals surface area (Å²) in [5.41, 5.74) is 2.13. The smallest absolute Gasteiger partial charge is 0.274 e. The van der Waals surface area contributed by atoms with Gasteiger partial charge in [-0.2, -0.15) is 0 Å². The largest absolute Gasteiger partial charge is 0.372 e. The van der Waals surface area contributed by atoms with Crippen LogP contribution in [-0.2, 0) is 0 Å². The Morgan fingerprint density at radius 1 is 1.30 bits per heavy atom. The van der Waals surface area contributed by atoms with Crippen LogP contribution in [0, 0.1) is 0 Å². The molecule has 0 spiro atoms. The van der Waals surface area contributed by atoms with E-state index in [9.17, 15) is 4.79 Å². The first-order valence-electron chi connectivity index (χ1n) is 5.90. The highest BCUT2D eigenvalue weighted by Gasteiger charge is 2.14. The molecule has 7 heteroatoms. The average Bonchev–Trinajstić information content (AvgIpc) is 3.04. The molecule has 0 aromatic carbocycles. The number of hydrogen-bond acceptors (Lipinski definition) is 4. The van der Waals surface area contributed by atoms with Gasteiger partial charge in [-0.1, -0.05) is 0 Å². The Morgan fingerprint density at radius 2 is 2.10 bits per heavy atom. The number of fused-ring (bicyclic) bond motifs is 1. The molecule has 3 heterocycles. The van der Waals surface area contributed by atoms with Crippen LogP contribution in [0.5, 0.6) is 0 Å². The summed E-state index contributed by atoms with van der Waals surface area (Å²) in [6, 6.07) is 9.26. The molecular weight excluding hydrogens is 340 g/mol. The standard InChI is InChI=1S/C13H11BrN4OS/c1-15-11-5-3-8-2-4-10(18(8)17-11)13(19)16-9-6-7-20-12(9)14/h2-7H,1H3,(H,15,17)(H,16,19). The van der Waals surface area contributed by atoms with Crippen LogP contribution in [0.4, 0.5) is 11.5 Å². The number of carbonyl (C=O) groups excluding carboxylic acids is 1. The third-order valence-electron chi connectivity index (χ3n) is 2.86. The number of nitrogens with one attached hydrogen (secondary N) is 2. The van der Waals surface area contributed by atoms with Gasteiger partial charge in [0.2, 0.25) is 0 Å². The van der Waals surface area contributed by atoms with Gasteiger partial charge in [0.05, 0.1) is 15.0 Å². The minimum absolute atomic E-state index is 0.190. The lowest BCUT2D eigenvalue weighted by atomic mass is 10.4. The van der Waals surface area contributed by atoms with Crippen molar-refractivity contribution in [1.29, 1.82) is 0 Å². The number of carbonyl (C=O) groups is 1. The maximum Gasteiger partial charge on any atom is 0.274 e. The van der Waals surface area contributed by atoms with Crippen LogP contribution < -0.4 is 10.6 Å². The number of hydrogen-bond donors (Lipinski definition) is 2. The average molecular weight is 351 g/mol. The third kappa shape index (κ3) is 2.30. The summed E-state index contributed by atoms with van der Waals surface area (Å²) in [5.74, 6) is 0.518. The zero-order chi connectivity index (χ0) is 14.1. The molecule has 2 N–H and O–H groups in total. The van der Waals surface area contributed by atoms with Crippen molar-refractivity contribution in [1.82, 2.24) is 9.61 Å². The van der Waals surface area contributed by atoms with Crippen molar-refractivity contribution in [3.63, 3.8) is 0 Å². The van der Waals surface area contributed by atoms with Gasteiger partial charge >= 0.3 is 0 Å². The van der Waals surface area contributed by atoms with Crippen LogP contribution in [0.25, 0.3) is 5.52 Å². The van der Waals surface area contributed by atoms with E-state index in [1.54, 1.807) is 17.6 Å². The molecule has 0 aliphatic heterocycles. The highest BCUT2D eigenvalue weighted by Crippen LogP contribution is 2.28. The van der Waals surface area contributed by atoms with Gasteiger partial charge in [-0.25, -0.2) is 4.52 Å². The Hall–Kier alpha value is -1.86. The predicted octanol–water partition coefficient (Wildman–Crippen LogP) is 3.45. The first kappa shape index (κ1) is 13.1. The van der Waals surface area contributed by atoms with Crippen molar-refractivity contribution in [3.05, 3.63) is 45.2 Å². The van der Waals surface area contributed by atoms with Crippen molar-refractivity contribution in [3.8, 4) is 0 Å². The fourth-order valence-corrected chi connectivity index (χ4v) is 2.99. The minimum Gasteiger partial charge on any atom is -0.372 e. The lowest BCUT2D eigenvalue weighted by Gasteiger charge is -2.05. The molecule has 0 fully saturated rings. The zero-order valence-corrected chi connectivity index (χ0v) is 13.0. The third-order valence-corrected chi connectivity index (χ3v) is 4.55. The first-order chi connectivity index (χ1) is 9.69. The molecule has 3 aromatic rings. The summed E-state index contributed by atoms with van der Waals surface area (Å²) in [4.78, 5) is 12.3. The normalized spacial score (nSPS) is 10.7. The summed E-state index contributed by atoms with van der Waals surface area (Å²) in [6.07, 6.45) is 0.